The third-order valence-corrected chi connectivity index (χ3v) is 5.83. The number of carbonyl (C=O) groups is 1. The van der Waals surface area contributed by atoms with Gasteiger partial charge in [-0.2, -0.15) is 0 Å². The highest BCUT2D eigenvalue weighted by atomic mass is 32.2. The molecule has 9 nitrogen and oxygen atoms in total. The second-order valence-electron chi connectivity index (χ2n) is 6.07. The molecule has 0 bridgehead atoms. The molecule has 1 N–H and O–H groups in total. The average Bonchev–Trinajstić information content (AvgIpc) is 2.65. The number of nitro groups is 1. The number of rotatable bonds is 8. The maximum Gasteiger partial charge on any atom is 0.273 e. The van der Waals surface area contributed by atoms with Gasteiger partial charge in [0, 0.05) is 31.3 Å². The quantitative estimate of drug-likeness (QED) is 0.406. The number of hydrogen-bond acceptors (Lipinski definition) is 6. The first-order valence-corrected chi connectivity index (χ1v) is 9.76. The summed E-state index contributed by atoms with van der Waals surface area (Å²) in [7, 11) is -0.602. The van der Waals surface area contributed by atoms with Crippen LogP contribution in [0, 0.1) is 17.0 Å². The Kier molecular flexibility index (Phi) is 6.71. The van der Waals surface area contributed by atoms with Crippen LogP contribution in [0.5, 0.6) is 5.75 Å². The molecule has 0 saturated carbocycles. The minimum Gasteiger partial charge on any atom is -0.492 e. The molecule has 2 aromatic carbocycles. The first kappa shape index (κ1) is 21.3. The molecule has 0 aliphatic heterocycles. The lowest BCUT2D eigenvalue weighted by Gasteiger charge is -2.12. The van der Waals surface area contributed by atoms with Gasteiger partial charge in [0.05, 0.1) is 16.4 Å². The maximum absolute atomic E-state index is 12.2. The predicted molar refractivity (Wildman–Crippen MR) is 103 cm³/mol. The fourth-order valence-corrected chi connectivity index (χ4v) is 3.32. The van der Waals surface area contributed by atoms with Crippen LogP contribution in [-0.2, 0) is 10.0 Å². The molecule has 2 rings (SSSR count). The van der Waals surface area contributed by atoms with Crippen molar-refractivity contribution in [3.05, 3.63) is 63.7 Å². The Balaban J connectivity index is 1.90. The first-order chi connectivity index (χ1) is 13.1. The van der Waals surface area contributed by atoms with Crippen LogP contribution in [-0.4, -0.2) is 50.8 Å². The van der Waals surface area contributed by atoms with Gasteiger partial charge < -0.3 is 10.1 Å². The SMILES string of the molecule is Cc1c(C(=O)NCCOc2ccc(S(=O)(=O)N(C)C)cc2)cccc1[N+](=O)[O-]. The monoisotopic (exact) mass is 407 g/mol. The molecule has 150 valence electrons. The standard InChI is InChI=1S/C18H21N3O6S/c1-13-16(5-4-6-17(13)21(23)24)18(22)19-11-12-27-14-7-9-15(10-8-14)28(25,26)20(2)3/h4-10H,11-12H2,1-3H3,(H,19,22). The number of sulfonamides is 1. The molecular formula is C18H21N3O6S. The zero-order chi connectivity index (χ0) is 20.9. The van der Waals surface area contributed by atoms with Crippen LogP contribution in [0.3, 0.4) is 0 Å². The van der Waals surface area contributed by atoms with Crippen LogP contribution in [0.4, 0.5) is 5.69 Å². The van der Waals surface area contributed by atoms with Crippen molar-refractivity contribution in [2.24, 2.45) is 0 Å². The molecule has 0 saturated heterocycles. The molecule has 2 aromatic rings. The van der Waals surface area contributed by atoms with E-state index in [0.29, 0.717) is 11.3 Å². The van der Waals surface area contributed by atoms with Gasteiger partial charge in [0.15, 0.2) is 0 Å². The molecule has 0 aliphatic carbocycles. The molecule has 28 heavy (non-hydrogen) atoms. The minimum atomic E-state index is -3.50. The van der Waals surface area contributed by atoms with Crippen LogP contribution in [0.25, 0.3) is 0 Å². The molecule has 0 fully saturated rings. The highest BCUT2D eigenvalue weighted by Gasteiger charge is 2.18. The number of hydrogen-bond donors (Lipinski definition) is 1. The van der Waals surface area contributed by atoms with E-state index in [9.17, 15) is 23.3 Å². The van der Waals surface area contributed by atoms with E-state index in [1.165, 1.54) is 63.5 Å². The van der Waals surface area contributed by atoms with Gasteiger partial charge >= 0.3 is 0 Å². The molecule has 0 heterocycles. The Morgan fingerprint density at radius 2 is 1.82 bits per heavy atom. The third-order valence-electron chi connectivity index (χ3n) is 4.01. The van der Waals surface area contributed by atoms with Gasteiger partial charge in [0.25, 0.3) is 11.6 Å². The summed E-state index contributed by atoms with van der Waals surface area (Å²) in [6, 6.07) is 10.3. The van der Waals surface area contributed by atoms with Crippen molar-refractivity contribution in [1.29, 1.82) is 0 Å². The smallest absolute Gasteiger partial charge is 0.273 e. The number of carbonyl (C=O) groups excluding carboxylic acids is 1. The second kappa shape index (κ2) is 8.81. The van der Waals surface area contributed by atoms with Crippen molar-refractivity contribution in [3.8, 4) is 5.75 Å². The summed E-state index contributed by atoms with van der Waals surface area (Å²) in [6.07, 6.45) is 0. The summed E-state index contributed by atoms with van der Waals surface area (Å²) >= 11 is 0. The zero-order valence-corrected chi connectivity index (χ0v) is 16.5. The van der Waals surface area contributed by atoms with Gasteiger partial charge in [-0.3, -0.25) is 14.9 Å². The minimum absolute atomic E-state index is 0.114. The fourth-order valence-electron chi connectivity index (χ4n) is 2.41. The van der Waals surface area contributed by atoms with Crippen LogP contribution in [0.1, 0.15) is 15.9 Å². The molecule has 10 heteroatoms. The van der Waals surface area contributed by atoms with Crippen molar-refractivity contribution in [1.82, 2.24) is 9.62 Å². The van der Waals surface area contributed by atoms with Crippen molar-refractivity contribution in [2.45, 2.75) is 11.8 Å². The van der Waals surface area contributed by atoms with E-state index < -0.39 is 20.9 Å². The zero-order valence-electron chi connectivity index (χ0n) is 15.7. The molecule has 1 amide bonds. The van der Waals surface area contributed by atoms with Crippen molar-refractivity contribution in [3.63, 3.8) is 0 Å². The number of nitrogens with one attached hydrogen (secondary N) is 1. The first-order valence-electron chi connectivity index (χ1n) is 8.32. The Morgan fingerprint density at radius 3 is 2.39 bits per heavy atom. The Morgan fingerprint density at radius 1 is 1.18 bits per heavy atom. The Bertz CT molecular complexity index is 971. The number of nitro benzene ring substituents is 1. The highest BCUT2D eigenvalue weighted by molar-refractivity contribution is 7.89. The van der Waals surface area contributed by atoms with Gasteiger partial charge in [0.2, 0.25) is 10.0 Å². The average molecular weight is 407 g/mol. The van der Waals surface area contributed by atoms with Crippen molar-refractivity contribution >= 4 is 21.6 Å². The third kappa shape index (κ3) is 4.84. The summed E-state index contributed by atoms with van der Waals surface area (Å²) in [5, 5.41) is 13.6. The summed E-state index contributed by atoms with van der Waals surface area (Å²) in [5.41, 5.74) is 0.410. The predicted octanol–water partition coefficient (Wildman–Crippen LogP) is 1.96. The summed E-state index contributed by atoms with van der Waals surface area (Å²) in [4.78, 5) is 22.8. The van der Waals surface area contributed by atoms with E-state index in [1.807, 2.05) is 0 Å². The second-order valence-corrected chi connectivity index (χ2v) is 8.22. The van der Waals surface area contributed by atoms with E-state index in [-0.39, 0.29) is 29.3 Å². The van der Waals surface area contributed by atoms with Crippen molar-refractivity contribution < 1.29 is 22.9 Å². The van der Waals surface area contributed by atoms with Gasteiger partial charge in [-0.25, -0.2) is 12.7 Å². The summed E-state index contributed by atoms with van der Waals surface area (Å²) < 4.78 is 30.6. The number of amides is 1. The lowest BCUT2D eigenvalue weighted by atomic mass is 10.1. The van der Waals surface area contributed by atoms with Gasteiger partial charge in [0.1, 0.15) is 12.4 Å². The molecule has 0 unspecified atom stereocenters. The van der Waals surface area contributed by atoms with Crippen LogP contribution < -0.4 is 10.1 Å². The molecule has 0 aromatic heterocycles. The number of benzene rings is 2. The molecule has 0 radical (unpaired) electrons. The highest BCUT2D eigenvalue weighted by Crippen LogP contribution is 2.21. The molecule has 0 atom stereocenters. The topological polar surface area (TPSA) is 119 Å². The maximum atomic E-state index is 12.2. The Labute approximate surface area is 163 Å². The van der Waals surface area contributed by atoms with E-state index in [0.717, 1.165) is 4.31 Å². The van der Waals surface area contributed by atoms with E-state index in [1.54, 1.807) is 0 Å². The number of nitrogens with zero attached hydrogens (tertiary/aromatic N) is 2. The molecular weight excluding hydrogens is 386 g/mol. The van der Waals surface area contributed by atoms with E-state index >= 15 is 0 Å². The summed E-state index contributed by atoms with van der Waals surface area (Å²) in [5.74, 6) is 0.0238. The van der Waals surface area contributed by atoms with Gasteiger partial charge in [-0.1, -0.05) is 6.07 Å². The lowest BCUT2D eigenvalue weighted by molar-refractivity contribution is -0.385. The van der Waals surface area contributed by atoms with Gasteiger partial charge in [-0.15, -0.1) is 0 Å². The molecule has 0 aliphatic rings. The summed E-state index contributed by atoms with van der Waals surface area (Å²) in [6.45, 7) is 1.85. The number of ether oxygens (including phenoxy) is 1. The normalized spacial score (nSPS) is 11.3. The van der Waals surface area contributed by atoms with Crippen LogP contribution >= 0.6 is 0 Å². The van der Waals surface area contributed by atoms with E-state index in [2.05, 4.69) is 5.32 Å². The fraction of sp³-hybridized carbons (Fsp3) is 0.278. The van der Waals surface area contributed by atoms with E-state index in [4.69, 9.17) is 4.74 Å². The molecule has 0 spiro atoms. The van der Waals surface area contributed by atoms with Crippen LogP contribution in [0.2, 0.25) is 0 Å². The van der Waals surface area contributed by atoms with Crippen molar-refractivity contribution in [2.75, 3.05) is 27.2 Å². The lowest BCUT2D eigenvalue weighted by Crippen LogP contribution is -2.28. The largest absolute Gasteiger partial charge is 0.492 e. The van der Waals surface area contributed by atoms with Crippen LogP contribution in [0.15, 0.2) is 47.4 Å². The Hall–Kier alpha value is -2.98. The van der Waals surface area contributed by atoms with Gasteiger partial charge in [-0.05, 0) is 37.3 Å².